The second-order valence-electron chi connectivity index (χ2n) is 4.46. The first kappa shape index (κ1) is 8.79. The molecule has 1 fully saturated rings. The van der Waals surface area contributed by atoms with Crippen LogP contribution < -0.4 is 0 Å². The highest BCUT2D eigenvalue weighted by atomic mass is 15.2. The Morgan fingerprint density at radius 1 is 1.45 bits per heavy atom. The van der Waals surface area contributed by atoms with Crippen molar-refractivity contribution in [2.45, 2.75) is 45.7 Å². The third-order valence-electron chi connectivity index (χ3n) is 2.48. The molecule has 1 aliphatic heterocycles. The van der Waals surface area contributed by atoms with Crippen LogP contribution in [0, 0.1) is 0 Å². The zero-order valence-corrected chi connectivity index (χ0v) is 8.15. The second kappa shape index (κ2) is 2.63. The Hall–Kier alpha value is -0.300. The van der Waals surface area contributed by atoms with Crippen LogP contribution in [-0.2, 0) is 0 Å². The molecule has 1 nitrogen and oxygen atoms in total. The van der Waals surface area contributed by atoms with Crippen molar-refractivity contribution in [1.29, 1.82) is 0 Å². The SMILES string of the molecule is C=C1CN(C(C)C)C(C)(C)C1. The Kier molecular flexibility index (Phi) is 2.10. The first-order chi connectivity index (χ1) is 4.93. The Balaban J connectivity index is 2.74. The summed E-state index contributed by atoms with van der Waals surface area (Å²) in [5, 5.41) is 0. The van der Waals surface area contributed by atoms with Crippen LogP contribution in [0.25, 0.3) is 0 Å². The van der Waals surface area contributed by atoms with Crippen molar-refractivity contribution in [3.8, 4) is 0 Å². The molecule has 0 aliphatic carbocycles. The van der Waals surface area contributed by atoms with Crippen molar-refractivity contribution in [2.24, 2.45) is 0 Å². The maximum atomic E-state index is 4.04. The molecule has 64 valence electrons. The smallest absolute Gasteiger partial charge is 0.0199 e. The number of likely N-dealkylation sites (tertiary alicyclic amines) is 1. The first-order valence-electron chi connectivity index (χ1n) is 4.37. The van der Waals surface area contributed by atoms with E-state index in [4.69, 9.17) is 0 Å². The predicted molar refractivity (Wildman–Crippen MR) is 49.7 cm³/mol. The monoisotopic (exact) mass is 153 g/mol. The lowest BCUT2D eigenvalue weighted by Gasteiger charge is -2.34. The lowest BCUT2D eigenvalue weighted by Crippen LogP contribution is -2.42. The van der Waals surface area contributed by atoms with Gasteiger partial charge >= 0.3 is 0 Å². The van der Waals surface area contributed by atoms with E-state index in [0.29, 0.717) is 11.6 Å². The molecule has 11 heavy (non-hydrogen) atoms. The Bertz CT molecular complexity index is 168. The minimum Gasteiger partial charge on any atom is -0.292 e. The number of nitrogens with zero attached hydrogens (tertiary/aromatic N) is 1. The molecule has 0 N–H and O–H groups in total. The van der Waals surface area contributed by atoms with Crippen LogP contribution in [0.3, 0.4) is 0 Å². The van der Waals surface area contributed by atoms with Crippen molar-refractivity contribution in [2.75, 3.05) is 6.54 Å². The molecular formula is C10H19N. The van der Waals surface area contributed by atoms with Crippen LogP contribution in [-0.4, -0.2) is 23.0 Å². The largest absolute Gasteiger partial charge is 0.292 e. The summed E-state index contributed by atoms with van der Waals surface area (Å²) in [5.74, 6) is 0. The van der Waals surface area contributed by atoms with E-state index in [9.17, 15) is 0 Å². The molecule has 1 saturated heterocycles. The van der Waals surface area contributed by atoms with Gasteiger partial charge in [-0.25, -0.2) is 0 Å². The van der Waals surface area contributed by atoms with E-state index >= 15 is 0 Å². The molecule has 0 bridgehead atoms. The van der Waals surface area contributed by atoms with Gasteiger partial charge in [-0.15, -0.1) is 0 Å². The topological polar surface area (TPSA) is 3.24 Å². The van der Waals surface area contributed by atoms with E-state index in [0.717, 1.165) is 13.0 Å². The zero-order valence-electron chi connectivity index (χ0n) is 8.15. The highest BCUT2D eigenvalue weighted by Crippen LogP contribution is 2.32. The van der Waals surface area contributed by atoms with E-state index in [1.54, 1.807) is 0 Å². The highest BCUT2D eigenvalue weighted by Gasteiger charge is 2.35. The molecule has 1 heteroatoms. The molecule has 1 heterocycles. The summed E-state index contributed by atoms with van der Waals surface area (Å²) in [7, 11) is 0. The molecule has 0 saturated carbocycles. The van der Waals surface area contributed by atoms with Crippen LogP contribution in [0.4, 0.5) is 0 Å². The van der Waals surface area contributed by atoms with Gasteiger partial charge in [0.2, 0.25) is 0 Å². The Morgan fingerprint density at radius 3 is 2.18 bits per heavy atom. The molecule has 1 aliphatic rings. The van der Waals surface area contributed by atoms with Gasteiger partial charge in [0, 0.05) is 18.1 Å². The fourth-order valence-corrected chi connectivity index (χ4v) is 2.11. The van der Waals surface area contributed by atoms with Crippen LogP contribution in [0.15, 0.2) is 12.2 Å². The van der Waals surface area contributed by atoms with E-state index in [1.165, 1.54) is 5.57 Å². The molecule has 0 aromatic rings. The van der Waals surface area contributed by atoms with Crippen molar-refractivity contribution in [3.05, 3.63) is 12.2 Å². The van der Waals surface area contributed by atoms with Gasteiger partial charge in [-0.3, -0.25) is 4.90 Å². The van der Waals surface area contributed by atoms with Gasteiger partial charge in [0.25, 0.3) is 0 Å². The summed E-state index contributed by atoms with van der Waals surface area (Å²) in [4.78, 5) is 2.51. The lowest BCUT2D eigenvalue weighted by atomic mass is 10.00. The molecule has 0 atom stereocenters. The van der Waals surface area contributed by atoms with E-state index in [-0.39, 0.29) is 0 Å². The highest BCUT2D eigenvalue weighted by molar-refractivity contribution is 5.12. The number of hydrogen-bond acceptors (Lipinski definition) is 1. The summed E-state index contributed by atoms with van der Waals surface area (Å²) >= 11 is 0. The van der Waals surface area contributed by atoms with E-state index < -0.39 is 0 Å². The molecular weight excluding hydrogens is 134 g/mol. The maximum absolute atomic E-state index is 4.04. The molecule has 1 rings (SSSR count). The number of rotatable bonds is 1. The minimum atomic E-state index is 0.339. The van der Waals surface area contributed by atoms with Gasteiger partial charge in [-0.2, -0.15) is 0 Å². The van der Waals surface area contributed by atoms with Crippen LogP contribution in [0.1, 0.15) is 34.1 Å². The normalized spacial score (nSPS) is 25.0. The quantitative estimate of drug-likeness (QED) is 0.523. The third-order valence-corrected chi connectivity index (χ3v) is 2.48. The predicted octanol–water partition coefficient (Wildman–Crippen LogP) is 2.44. The fraction of sp³-hybridized carbons (Fsp3) is 0.800. The molecule has 0 unspecified atom stereocenters. The average Bonchev–Trinajstić information content (AvgIpc) is 2.04. The van der Waals surface area contributed by atoms with E-state index in [1.807, 2.05) is 0 Å². The van der Waals surface area contributed by atoms with Gasteiger partial charge in [0.05, 0.1) is 0 Å². The zero-order chi connectivity index (χ0) is 8.65. The van der Waals surface area contributed by atoms with Gasteiger partial charge in [-0.05, 0) is 34.1 Å². The first-order valence-corrected chi connectivity index (χ1v) is 4.37. The molecule has 0 aromatic carbocycles. The van der Waals surface area contributed by atoms with Gasteiger partial charge < -0.3 is 0 Å². The summed E-state index contributed by atoms with van der Waals surface area (Å²) in [6, 6.07) is 0.643. The average molecular weight is 153 g/mol. The Labute approximate surface area is 70.1 Å². The van der Waals surface area contributed by atoms with Crippen LogP contribution in [0.5, 0.6) is 0 Å². The van der Waals surface area contributed by atoms with E-state index in [2.05, 4.69) is 39.2 Å². The van der Waals surface area contributed by atoms with Gasteiger partial charge in [-0.1, -0.05) is 12.2 Å². The van der Waals surface area contributed by atoms with Gasteiger partial charge in [0.1, 0.15) is 0 Å². The molecule has 0 radical (unpaired) electrons. The molecule has 0 spiro atoms. The van der Waals surface area contributed by atoms with Crippen molar-refractivity contribution >= 4 is 0 Å². The minimum absolute atomic E-state index is 0.339. The summed E-state index contributed by atoms with van der Waals surface area (Å²) in [6.45, 7) is 14.2. The Morgan fingerprint density at radius 2 is 2.00 bits per heavy atom. The summed E-state index contributed by atoms with van der Waals surface area (Å²) in [6.07, 6.45) is 1.16. The maximum Gasteiger partial charge on any atom is 0.0199 e. The fourth-order valence-electron chi connectivity index (χ4n) is 2.11. The van der Waals surface area contributed by atoms with Crippen LogP contribution in [0.2, 0.25) is 0 Å². The third kappa shape index (κ3) is 1.64. The summed E-state index contributed by atoms with van der Waals surface area (Å²) < 4.78 is 0. The molecule has 0 amide bonds. The van der Waals surface area contributed by atoms with Crippen molar-refractivity contribution in [1.82, 2.24) is 4.90 Å². The van der Waals surface area contributed by atoms with Crippen molar-refractivity contribution < 1.29 is 0 Å². The second-order valence-corrected chi connectivity index (χ2v) is 4.46. The lowest BCUT2D eigenvalue weighted by molar-refractivity contribution is 0.135. The number of hydrogen-bond donors (Lipinski definition) is 0. The van der Waals surface area contributed by atoms with Crippen molar-refractivity contribution in [3.63, 3.8) is 0 Å². The standard InChI is InChI=1S/C10H19N/c1-8(2)11-7-9(3)6-10(11,4)5/h8H,3,6-7H2,1-2,4-5H3. The summed E-state index contributed by atoms with van der Waals surface area (Å²) in [5.41, 5.74) is 1.72. The van der Waals surface area contributed by atoms with Crippen LogP contribution >= 0.6 is 0 Å². The molecule has 0 aromatic heterocycles. The van der Waals surface area contributed by atoms with Gasteiger partial charge in [0.15, 0.2) is 0 Å².